The van der Waals surface area contributed by atoms with Crippen LogP contribution in [0.5, 0.6) is 0 Å². The predicted octanol–water partition coefficient (Wildman–Crippen LogP) is 1.96. The lowest BCUT2D eigenvalue weighted by molar-refractivity contribution is -0.140. The maximum atomic E-state index is 12.7. The normalized spacial score (nSPS) is 25.9. The number of amides is 2. The summed E-state index contributed by atoms with van der Waals surface area (Å²) in [5.41, 5.74) is 4.70. The van der Waals surface area contributed by atoms with Gasteiger partial charge in [0.15, 0.2) is 5.96 Å². The standard InChI is InChI=1S/C19H23N5O2/c1-17(2)15(26)24(4)16(21)23-18(17,3)12-6-5-7-13(10-12)22-14(25)19(11-20)8-9-19/h5-7,10H,8-9H2,1-4H3,(H2,21,23)(H,22,25). The van der Waals surface area contributed by atoms with E-state index >= 15 is 0 Å². The average Bonchev–Trinajstić information content (AvgIpc) is 3.40. The molecule has 1 aliphatic carbocycles. The molecule has 2 aliphatic rings. The molecule has 1 aromatic rings. The summed E-state index contributed by atoms with van der Waals surface area (Å²) in [6, 6.07) is 9.30. The zero-order valence-corrected chi connectivity index (χ0v) is 15.5. The summed E-state index contributed by atoms with van der Waals surface area (Å²) in [6.07, 6.45) is 1.17. The lowest BCUT2D eigenvalue weighted by Crippen LogP contribution is -2.58. The summed E-state index contributed by atoms with van der Waals surface area (Å²) >= 11 is 0. The second-order valence-corrected chi connectivity index (χ2v) is 7.76. The van der Waals surface area contributed by atoms with Crippen molar-refractivity contribution in [3.05, 3.63) is 29.8 Å². The molecule has 1 aliphatic heterocycles. The molecule has 7 nitrogen and oxygen atoms in total. The molecule has 2 amide bonds. The van der Waals surface area contributed by atoms with Gasteiger partial charge in [-0.25, -0.2) is 4.99 Å². The molecular formula is C19H23N5O2. The van der Waals surface area contributed by atoms with Crippen LogP contribution in [0, 0.1) is 22.2 Å². The summed E-state index contributed by atoms with van der Waals surface area (Å²) in [7, 11) is 1.61. The molecule has 0 radical (unpaired) electrons. The molecule has 1 saturated carbocycles. The maximum Gasteiger partial charge on any atom is 0.244 e. The van der Waals surface area contributed by atoms with Gasteiger partial charge in [-0.1, -0.05) is 12.1 Å². The number of nitrogens with one attached hydrogen (secondary N) is 1. The van der Waals surface area contributed by atoms with E-state index in [1.54, 1.807) is 25.2 Å². The third-order valence-electron chi connectivity index (χ3n) is 5.82. The van der Waals surface area contributed by atoms with Crippen molar-refractivity contribution in [2.75, 3.05) is 12.4 Å². The molecule has 3 N–H and O–H groups in total. The van der Waals surface area contributed by atoms with Crippen LogP contribution in [0.1, 0.15) is 39.2 Å². The third-order valence-corrected chi connectivity index (χ3v) is 5.82. The Kier molecular flexibility index (Phi) is 3.83. The Hall–Kier alpha value is -2.88. The van der Waals surface area contributed by atoms with Gasteiger partial charge in [-0.2, -0.15) is 5.26 Å². The number of aliphatic imine (C=N–C) groups is 1. The molecule has 1 aromatic carbocycles. The van der Waals surface area contributed by atoms with Gasteiger partial charge < -0.3 is 11.1 Å². The van der Waals surface area contributed by atoms with Crippen molar-refractivity contribution in [3.63, 3.8) is 0 Å². The van der Waals surface area contributed by atoms with Crippen LogP contribution in [0.25, 0.3) is 0 Å². The fraction of sp³-hybridized carbons (Fsp3) is 0.474. The van der Waals surface area contributed by atoms with Crippen LogP contribution in [0.4, 0.5) is 5.69 Å². The number of nitrogens with two attached hydrogens (primary N) is 1. The fourth-order valence-corrected chi connectivity index (χ4v) is 3.27. The highest BCUT2D eigenvalue weighted by atomic mass is 16.2. The number of hydrogen-bond acceptors (Lipinski definition) is 5. The van der Waals surface area contributed by atoms with Crippen LogP contribution in [0.2, 0.25) is 0 Å². The first-order valence-corrected chi connectivity index (χ1v) is 8.54. The van der Waals surface area contributed by atoms with E-state index in [9.17, 15) is 14.9 Å². The minimum absolute atomic E-state index is 0.122. The number of carbonyl (C=O) groups is 2. The van der Waals surface area contributed by atoms with Gasteiger partial charge in [-0.3, -0.25) is 14.5 Å². The van der Waals surface area contributed by atoms with E-state index in [1.165, 1.54) is 4.90 Å². The third kappa shape index (κ3) is 2.45. The number of anilines is 1. The average molecular weight is 353 g/mol. The summed E-state index contributed by atoms with van der Waals surface area (Å²) in [5, 5.41) is 12.0. The molecule has 7 heteroatoms. The fourth-order valence-electron chi connectivity index (χ4n) is 3.27. The van der Waals surface area contributed by atoms with Gasteiger partial charge >= 0.3 is 0 Å². The monoisotopic (exact) mass is 353 g/mol. The number of nitriles is 1. The minimum Gasteiger partial charge on any atom is -0.369 e. The summed E-state index contributed by atoms with van der Waals surface area (Å²) < 4.78 is 0. The van der Waals surface area contributed by atoms with Gasteiger partial charge in [0.05, 0.1) is 11.5 Å². The summed E-state index contributed by atoms with van der Waals surface area (Å²) in [4.78, 5) is 31.0. The molecule has 26 heavy (non-hydrogen) atoms. The molecule has 1 fully saturated rings. The van der Waals surface area contributed by atoms with Gasteiger partial charge in [0.25, 0.3) is 0 Å². The largest absolute Gasteiger partial charge is 0.369 e. The molecule has 1 atom stereocenters. The Bertz CT molecular complexity index is 863. The number of benzene rings is 1. The van der Waals surface area contributed by atoms with E-state index in [-0.39, 0.29) is 17.8 Å². The van der Waals surface area contributed by atoms with Crippen molar-refractivity contribution in [2.45, 2.75) is 39.2 Å². The molecule has 1 heterocycles. The Labute approximate surface area is 152 Å². The predicted molar refractivity (Wildman–Crippen MR) is 97.9 cm³/mol. The molecule has 0 saturated heterocycles. The lowest BCUT2D eigenvalue weighted by Gasteiger charge is -2.46. The Balaban J connectivity index is 1.98. The number of carbonyl (C=O) groups excluding carboxylic acids is 2. The molecular weight excluding hydrogens is 330 g/mol. The van der Waals surface area contributed by atoms with Gasteiger partial charge in [0, 0.05) is 12.7 Å². The second-order valence-electron chi connectivity index (χ2n) is 7.76. The van der Waals surface area contributed by atoms with Crippen molar-refractivity contribution in [1.82, 2.24) is 4.90 Å². The molecule has 136 valence electrons. The Morgan fingerprint density at radius 1 is 1.35 bits per heavy atom. The highest BCUT2D eigenvalue weighted by Gasteiger charge is 2.53. The van der Waals surface area contributed by atoms with Crippen LogP contribution >= 0.6 is 0 Å². The van der Waals surface area contributed by atoms with E-state index < -0.39 is 16.4 Å². The first-order valence-electron chi connectivity index (χ1n) is 8.54. The smallest absolute Gasteiger partial charge is 0.244 e. The number of nitrogens with zero attached hydrogens (tertiary/aromatic N) is 3. The quantitative estimate of drug-likeness (QED) is 0.865. The number of hydrogen-bond donors (Lipinski definition) is 2. The second kappa shape index (κ2) is 5.56. The van der Waals surface area contributed by atoms with Crippen LogP contribution in [0.3, 0.4) is 0 Å². The molecule has 1 unspecified atom stereocenters. The highest BCUT2D eigenvalue weighted by molar-refractivity contribution is 6.02. The molecule has 0 spiro atoms. The topological polar surface area (TPSA) is 112 Å². The van der Waals surface area contributed by atoms with Crippen LogP contribution < -0.4 is 11.1 Å². The Morgan fingerprint density at radius 2 is 2.00 bits per heavy atom. The van der Waals surface area contributed by atoms with Crippen molar-refractivity contribution in [2.24, 2.45) is 21.6 Å². The molecule has 3 rings (SSSR count). The first-order chi connectivity index (χ1) is 12.1. The zero-order valence-electron chi connectivity index (χ0n) is 15.5. The van der Waals surface area contributed by atoms with Crippen molar-refractivity contribution < 1.29 is 9.59 Å². The van der Waals surface area contributed by atoms with E-state index in [0.29, 0.717) is 18.5 Å². The van der Waals surface area contributed by atoms with Crippen molar-refractivity contribution in [3.8, 4) is 6.07 Å². The summed E-state index contributed by atoms with van der Waals surface area (Å²) in [5.74, 6) is -0.250. The summed E-state index contributed by atoms with van der Waals surface area (Å²) in [6.45, 7) is 5.53. The zero-order chi connectivity index (χ0) is 19.3. The van der Waals surface area contributed by atoms with Gasteiger partial charge in [-0.05, 0) is 51.3 Å². The Morgan fingerprint density at radius 3 is 2.58 bits per heavy atom. The first kappa shape index (κ1) is 17.9. The number of guanidine groups is 1. The van der Waals surface area contributed by atoms with Crippen LogP contribution in [-0.2, 0) is 15.1 Å². The van der Waals surface area contributed by atoms with E-state index in [0.717, 1.165) is 5.56 Å². The van der Waals surface area contributed by atoms with Gasteiger partial charge in [0.1, 0.15) is 11.0 Å². The van der Waals surface area contributed by atoms with Crippen molar-refractivity contribution >= 4 is 23.5 Å². The SMILES string of the molecule is CN1C(=O)C(C)(C)C(C)(c2cccc(NC(=O)C3(C#N)CC3)c2)N=C1N. The van der Waals surface area contributed by atoms with E-state index in [4.69, 9.17) is 5.73 Å². The van der Waals surface area contributed by atoms with Crippen LogP contribution in [0.15, 0.2) is 29.3 Å². The van der Waals surface area contributed by atoms with E-state index in [1.807, 2.05) is 26.8 Å². The lowest BCUT2D eigenvalue weighted by atomic mass is 9.68. The highest BCUT2D eigenvalue weighted by Crippen LogP contribution is 2.48. The minimum atomic E-state index is -0.898. The maximum absolute atomic E-state index is 12.7. The molecule has 0 bridgehead atoms. The van der Waals surface area contributed by atoms with E-state index in [2.05, 4.69) is 16.4 Å². The number of rotatable bonds is 3. The van der Waals surface area contributed by atoms with Crippen LogP contribution in [-0.4, -0.2) is 29.7 Å². The molecule has 0 aromatic heterocycles. The van der Waals surface area contributed by atoms with Gasteiger partial charge in [-0.15, -0.1) is 0 Å². The van der Waals surface area contributed by atoms with Crippen molar-refractivity contribution in [1.29, 1.82) is 5.26 Å². The van der Waals surface area contributed by atoms with Gasteiger partial charge in [0.2, 0.25) is 11.8 Å².